The minimum Gasteiger partial charge on any atom is -0.501 e. The van der Waals surface area contributed by atoms with Crippen LogP contribution in [0.1, 0.15) is 5.56 Å². The van der Waals surface area contributed by atoms with Gasteiger partial charge >= 0.3 is 5.69 Å². The van der Waals surface area contributed by atoms with Crippen LogP contribution >= 0.6 is 11.6 Å². The second-order valence-corrected chi connectivity index (χ2v) is 5.22. The number of nitro benzene ring substituents is 1. The predicted molar refractivity (Wildman–Crippen MR) is 80.6 cm³/mol. The molecular formula is C14H12ClN3O4. The SMILES string of the molecule is O=[N+]([O-])c1cc(CN2CCOc3cnccc32)cc(Cl)c1O. The number of pyridine rings is 1. The number of aromatic hydroxyl groups is 1. The van der Waals surface area contributed by atoms with E-state index in [1.54, 1.807) is 12.4 Å². The fraction of sp³-hybridized carbons (Fsp3) is 0.214. The number of phenols is 1. The van der Waals surface area contributed by atoms with E-state index in [1.165, 1.54) is 12.1 Å². The summed E-state index contributed by atoms with van der Waals surface area (Å²) >= 11 is 5.87. The normalized spacial score (nSPS) is 13.4. The first-order chi connectivity index (χ1) is 10.6. The van der Waals surface area contributed by atoms with Crippen molar-refractivity contribution in [1.82, 2.24) is 4.98 Å². The van der Waals surface area contributed by atoms with Gasteiger partial charge in [0.25, 0.3) is 0 Å². The van der Waals surface area contributed by atoms with Crippen LogP contribution in [-0.2, 0) is 6.54 Å². The number of hydrogen-bond acceptors (Lipinski definition) is 6. The Hall–Kier alpha value is -2.54. The highest BCUT2D eigenvalue weighted by atomic mass is 35.5. The zero-order valence-corrected chi connectivity index (χ0v) is 12.2. The number of rotatable bonds is 3. The Morgan fingerprint density at radius 1 is 1.50 bits per heavy atom. The number of halogens is 1. The quantitative estimate of drug-likeness (QED) is 0.690. The molecule has 0 bridgehead atoms. The van der Waals surface area contributed by atoms with Crippen molar-refractivity contribution < 1.29 is 14.8 Å². The smallest absolute Gasteiger partial charge is 0.312 e. The highest BCUT2D eigenvalue weighted by Crippen LogP contribution is 2.36. The Morgan fingerprint density at radius 3 is 3.09 bits per heavy atom. The van der Waals surface area contributed by atoms with Gasteiger partial charge in [0.1, 0.15) is 6.61 Å². The molecular weight excluding hydrogens is 310 g/mol. The molecule has 1 aromatic carbocycles. The van der Waals surface area contributed by atoms with E-state index in [0.29, 0.717) is 31.0 Å². The Kier molecular flexibility index (Phi) is 3.72. The second kappa shape index (κ2) is 5.69. The van der Waals surface area contributed by atoms with Crippen LogP contribution in [0, 0.1) is 10.1 Å². The summed E-state index contributed by atoms with van der Waals surface area (Å²) in [6.07, 6.45) is 3.29. The lowest BCUT2D eigenvalue weighted by molar-refractivity contribution is -0.385. The third kappa shape index (κ3) is 2.62. The number of aromatic nitrogens is 1. The van der Waals surface area contributed by atoms with Crippen LogP contribution < -0.4 is 9.64 Å². The van der Waals surface area contributed by atoms with Gasteiger partial charge in [-0.1, -0.05) is 11.6 Å². The summed E-state index contributed by atoms with van der Waals surface area (Å²) in [6, 6.07) is 4.68. The maximum atomic E-state index is 11.0. The molecule has 2 heterocycles. The first-order valence-corrected chi connectivity index (χ1v) is 6.91. The van der Waals surface area contributed by atoms with Crippen molar-refractivity contribution in [3.63, 3.8) is 0 Å². The van der Waals surface area contributed by atoms with Gasteiger partial charge in [-0.05, 0) is 17.7 Å². The number of hydrogen-bond donors (Lipinski definition) is 1. The molecule has 0 radical (unpaired) electrons. The summed E-state index contributed by atoms with van der Waals surface area (Å²) < 4.78 is 5.52. The minimum absolute atomic E-state index is 0.0348. The van der Waals surface area contributed by atoms with E-state index in [4.69, 9.17) is 16.3 Å². The van der Waals surface area contributed by atoms with E-state index >= 15 is 0 Å². The Balaban J connectivity index is 1.93. The van der Waals surface area contributed by atoms with Crippen LogP contribution in [0.2, 0.25) is 5.02 Å². The molecule has 8 heteroatoms. The zero-order chi connectivity index (χ0) is 15.7. The van der Waals surface area contributed by atoms with Gasteiger partial charge in [-0.15, -0.1) is 0 Å². The molecule has 3 rings (SSSR count). The average molecular weight is 322 g/mol. The molecule has 0 amide bonds. The number of benzene rings is 1. The summed E-state index contributed by atoms with van der Waals surface area (Å²) in [5, 5.41) is 20.6. The topological polar surface area (TPSA) is 88.7 Å². The largest absolute Gasteiger partial charge is 0.501 e. The molecule has 22 heavy (non-hydrogen) atoms. The Bertz CT molecular complexity index is 738. The second-order valence-electron chi connectivity index (χ2n) is 4.82. The van der Waals surface area contributed by atoms with Crippen LogP contribution in [0.4, 0.5) is 11.4 Å². The van der Waals surface area contributed by atoms with E-state index in [2.05, 4.69) is 4.98 Å². The standard InChI is InChI=1S/C14H12ClN3O4/c15-10-5-9(6-12(14(10)19)18(20)21)8-17-3-4-22-13-7-16-2-1-11(13)17/h1-2,5-7,19H,3-4,8H2. The first kappa shape index (κ1) is 14.4. The molecule has 0 aliphatic carbocycles. The van der Waals surface area contributed by atoms with Gasteiger partial charge in [0.15, 0.2) is 5.75 Å². The van der Waals surface area contributed by atoms with Gasteiger partial charge in [0.2, 0.25) is 5.75 Å². The molecule has 0 saturated carbocycles. The Labute approximate surface area is 130 Å². The van der Waals surface area contributed by atoms with Crippen molar-refractivity contribution in [3.05, 3.63) is 51.3 Å². The highest BCUT2D eigenvalue weighted by molar-refractivity contribution is 6.32. The molecule has 114 valence electrons. The van der Waals surface area contributed by atoms with Crippen molar-refractivity contribution in [2.45, 2.75) is 6.54 Å². The zero-order valence-electron chi connectivity index (χ0n) is 11.4. The van der Waals surface area contributed by atoms with E-state index in [1.807, 2.05) is 11.0 Å². The summed E-state index contributed by atoms with van der Waals surface area (Å²) in [7, 11) is 0. The van der Waals surface area contributed by atoms with Gasteiger partial charge in [-0.3, -0.25) is 15.1 Å². The fourth-order valence-electron chi connectivity index (χ4n) is 2.39. The van der Waals surface area contributed by atoms with Crippen LogP contribution in [0.25, 0.3) is 0 Å². The summed E-state index contributed by atoms with van der Waals surface area (Å²) in [5.74, 6) is 0.162. The van der Waals surface area contributed by atoms with Crippen molar-refractivity contribution in [1.29, 1.82) is 0 Å². The number of nitrogens with zero attached hydrogens (tertiary/aromatic N) is 3. The maximum Gasteiger partial charge on any atom is 0.312 e. The fourth-order valence-corrected chi connectivity index (χ4v) is 2.62. The molecule has 7 nitrogen and oxygen atoms in total. The summed E-state index contributed by atoms with van der Waals surface area (Å²) in [6.45, 7) is 1.57. The molecule has 0 fully saturated rings. The lowest BCUT2D eigenvalue weighted by Crippen LogP contribution is -2.32. The number of ether oxygens (including phenoxy) is 1. The van der Waals surface area contributed by atoms with E-state index < -0.39 is 16.4 Å². The average Bonchev–Trinajstić information content (AvgIpc) is 2.51. The number of phenolic OH excluding ortho intramolecular Hbond substituents is 1. The minimum atomic E-state index is -0.651. The lowest BCUT2D eigenvalue weighted by atomic mass is 10.1. The first-order valence-electron chi connectivity index (χ1n) is 6.54. The molecule has 1 aliphatic heterocycles. The maximum absolute atomic E-state index is 11.0. The van der Waals surface area contributed by atoms with E-state index in [-0.39, 0.29) is 5.02 Å². The van der Waals surface area contributed by atoms with Crippen LogP contribution in [0.3, 0.4) is 0 Å². The Morgan fingerprint density at radius 2 is 2.32 bits per heavy atom. The molecule has 0 atom stereocenters. The number of anilines is 1. The summed E-state index contributed by atoms with van der Waals surface area (Å²) in [4.78, 5) is 16.3. The van der Waals surface area contributed by atoms with Crippen molar-refractivity contribution in [2.75, 3.05) is 18.1 Å². The van der Waals surface area contributed by atoms with E-state index in [0.717, 1.165) is 5.69 Å². The van der Waals surface area contributed by atoms with Gasteiger partial charge in [0, 0.05) is 18.8 Å². The molecule has 0 spiro atoms. The van der Waals surface area contributed by atoms with Gasteiger partial charge < -0.3 is 14.7 Å². The van der Waals surface area contributed by atoms with Gasteiger partial charge in [0.05, 0.1) is 28.4 Å². The highest BCUT2D eigenvalue weighted by Gasteiger charge is 2.22. The molecule has 0 unspecified atom stereocenters. The van der Waals surface area contributed by atoms with Crippen molar-refractivity contribution >= 4 is 23.0 Å². The third-order valence-electron chi connectivity index (χ3n) is 3.40. The van der Waals surface area contributed by atoms with Gasteiger partial charge in [-0.2, -0.15) is 0 Å². The van der Waals surface area contributed by atoms with Crippen LogP contribution in [0.15, 0.2) is 30.6 Å². The predicted octanol–water partition coefficient (Wildman–Crippen LogP) is 2.75. The molecule has 2 aromatic rings. The van der Waals surface area contributed by atoms with Crippen molar-refractivity contribution in [3.8, 4) is 11.5 Å². The van der Waals surface area contributed by atoms with Crippen LogP contribution in [0.5, 0.6) is 11.5 Å². The molecule has 1 N–H and O–H groups in total. The van der Waals surface area contributed by atoms with Crippen molar-refractivity contribution in [2.24, 2.45) is 0 Å². The van der Waals surface area contributed by atoms with E-state index in [9.17, 15) is 15.2 Å². The van der Waals surface area contributed by atoms with Gasteiger partial charge in [-0.25, -0.2) is 0 Å². The lowest BCUT2D eigenvalue weighted by Gasteiger charge is -2.30. The molecule has 1 aliphatic rings. The number of fused-ring (bicyclic) bond motifs is 1. The molecule has 0 saturated heterocycles. The molecule has 1 aromatic heterocycles. The summed E-state index contributed by atoms with van der Waals surface area (Å²) in [5.41, 5.74) is 1.11. The monoisotopic (exact) mass is 321 g/mol. The third-order valence-corrected chi connectivity index (χ3v) is 3.68. The number of nitro groups is 1. The van der Waals surface area contributed by atoms with Crippen LogP contribution in [-0.4, -0.2) is 28.2 Å².